The highest BCUT2D eigenvalue weighted by atomic mass is 32.1. The zero-order chi connectivity index (χ0) is 17.3. The predicted octanol–water partition coefficient (Wildman–Crippen LogP) is 3.92. The molecule has 1 aromatic heterocycles. The van der Waals surface area contributed by atoms with E-state index in [0.717, 1.165) is 46.1 Å². The van der Waals surface area contributed by atoms with E-state index in [0.29, 0.717) is 0 Å². The minimum atomic E-state index is -4.71. The molecule has 0 atom stereocenters. The van der Waals surface area contributed by atoms with Gasteiger partial charge in [0.2, 0.25) is 5.91 Å². The van der Waals surface area contributed by atoms with E-state index in [2.05, 4.69) is 15.4 Å². The van der Waals surface area contributed by atoms with Crippen LogP contribution in [0.3, 0.4) is 0 Å². The molecule has 0 saturated carbocycles. The number of anilines is 1. The Kier molecular flexibility index (Phi) is 4.51. The quantitative estimate of drug-likeness (QED) is 0.876. The first-order valence-electron chi connectivity index (χ1n) is 7.32. The second-order valence-corrected chi connectivity index (χ2v) is 6.49. The van der Waals surface area contributed by atoms with E-state index in [1.807, 2.05) is 0 Å². The third kappa shape index (κ3) is 3.70. The van der Waals surface area contributed by atoms with Crippen LogP contribution in [0.1, 0.15) is 17.4 Å². The van der Waals surface area contributed by atoms with Crippen LogP contribution in [-0.4, -0.2) is 18.8 Å². The Balaban J connectivity index is 1.98. The molecule has 24 heavy (non-hydrogen) atoms. The van der Waals surface area contributed by atoms with Crippen LogP contribution in [0, 0.1) is 0 Å². The number of halogens is 3. The molecule has 0 aliphatic carbocycles. The number of fused-ring (bicyclic) bond motifs is 1. The molecule has 0 radical (unpaired) electrons. The van der Waals surface area contributed by atoms with E-state index in [1.165, 1.54) is 30.4 Å². The number of carbonyl (C=O) groups excluding carboxylic acids is 1. The molecular weight excluding hydrogens is 341 g/mol. The molecule has 2 aromatic rings. The first-order valence-corrected chi connectivity index (χ1v) is 8.14. The smallest absolute Gasteiger partial charge is 0.406 e. The van der Waals surface area contributed by atoms with Gasteiger partial charge >= 0.3 is 6.36 Å². The van der Waals surface area contributed by atoms with Crippen molar-refractivity contribution < 1.29 is 22.7 Å². The number of nitrogens with one attached hydrogen (secondary N) is 2. The van der Waals surface area contributed by atoms with Gasteiger partial charge in [-0.3, -0.25) is 4.79 Å². The summed E-state index contributed by atoms with van der Waals surface area (Å²) in [6.07, 6.45) is -3.91. The predicted molar refractivity (Wildman–Crippen MR) is 86.2 cm³/mol. The third-order valence-electron chi connectivity index (χ3n) is 3.59. The average Bonchev–Trinajstić information content (AvgIpc) is 2.83. The first kappa shape index (κ1) is 16.8. The Labute approximate surface area is 140 Å². The second-order valence-electron chi connectivity index (χ2n) is 5.39. The second kappa shape index (κ2) is 6.45. The normalized spacial score (nSPS) is 14.2. The number of rotatable bonds is 3. The van der Waals surface area contributed by atoms with Crippen molar-refractivity contribution >= 4 is 22.2 Å². The van der Waals surface area contributed by atoms with Crippen LogP contribution in [0.15, 0.2) is 24.3 Å². The highest BCUT2D eigenvalue weighted by Gasteiger charge is 2.31. The molecule has 0 fully saturated rings. The molecule has 128 valence electrons. The number of amides is 1. The van der Waals surface area contributed by atoms with Gasteiger partial charge < -0.3 is 15.4 Å². The van der Waals surface area contributed by atoms with Crippen LogP contribution in [0.25, 0.3) is 11.1 Å². The van der Waals surface area contributed by atoms with Crippen LogP contribution in [0.4, 0.5) is 18.2 Å². The molecule has 1 aliphatic rings. The van der Waals surface area contributed by atoms with E-state index >= 15 is 0 Å². The lowest BCUT2D eigenvalue weighted by Crippen LogP contribution is -2.22. The summed E-state index contributed by atoms with van der Waals surface area (Å²) in [5, 5.41) is 6.82. The van der Waals surface area contributed by atoms with Gasteiger partial charge in [0.15, 0.2) is 0 Å². The van der Waals surface area contributed by atoms with Gasteiger partial charge in [-0.25, -0.2) is 0 Å². The molecule has 4 nitrogen and oxygen atoms in total. The number of carbonyl (C=O) groups is 1. The fraction of sp³-hybridized carbons (Fsp3) is 0.312. The fourth-order valence-electron chi connectivity index (χ4n) is 2.71. The SMILES string of the molecule is CC(=O)Nc1sc2c(c1-c1ccc(OC(F)(F)F)cc1)CCNC2. The van der Waals surface area contributed by atoms with Crippen molar-refractivity contribution in [2.75, 3.05) is 11.9 Å². The van der Waals surface area contributed by atoms with Gasteiger partial charge in [0.05, 0.1) is 0 Å². The maximum atomic E-state index is 12.3. The van der Waals surface area contributed by atoms with E-state index in [9.17, 15) is 18.0 Å². The van der Waals surface area contributed by atoms with Crippen molar-refractivity contribution in [3.8, 4) is 16.9 Å². The number of ether oxygens (including phenoxy) is 1. The number of alkyl halides is 3. The maximum absolute atomic E-state index is 12.3. The van der Waals surface area contributed by atoms with Gasteiger partial charge in [-0.15, -0.1) is 24.5 Å². The lowest BCUT2D eigenvalue weighted by Gasteiger charge is -2.15. The summed E-state index contributed by atoms with van der Waals surface area (Å²) in [6, 6.07) is 5.73. The lowest BCUT2D eigenvalue weighted by atomic mass is 9.98. The summed E-state index contributed by atoms with van der Waals surface area (Å²) in [4.78, 5) is 12.6. The van der Waals surface area contributed by atoms with Gasteiger partial charge in [-0.05, 0) is 36.2 Å². The molecule has 0 spiro atoms. The Bertz CT molecular complexity index is 754. The van der Waals surface area contributed by atoms with Gasteiger partial charge in [0, 0.05) is 23.9 Å². The van der Waals surface area contributed by atoms with Crippen LogP contribution >= 0.6 is 11.3 Å². The summed E-state index contributed by atoms with van der Waals surface area (Å²) in [6.45, 7) is 2.98. The topological polar surface area (TPSA) is 50.4 Å². The van der Waals surface area contributed by atoms with Crippen LogP contribution in [0.5, 0.6) is 5.75 Å². The maximum Gasteiger partial charge on any atom is 0.573 e. The summed E-state index contributed by atoms with van der Waals surface area (Å²) in [7, 11) is 0. The van der Waals surface area contributed by atoms with Gasteiger partial charge in [0.1, 0.15) is 10.8 Å². The molecule has 1 aromatic carbocycles. The summed E-state index contributed by atoms with van der Waals surface area (Å²) in [5.41, 5.74) is 2.77. The molecule has 1 aliphatic heterocycles. The van der Waals surface area contributed by atoms with Crippen LogP contribution in [0.2, 0.25) is 0 Å². The minimum Gasteiger partial charge on any atom is -0.406 e. The third-order valence-corrected chi connectivity index (χ3v) is 4.74. The zero-order valence-corrected chi connectivity index (χ0v) is 13.6. The number of hydrogen-bond donors (Lipinski definition) is 2. The monoisotopic (exact) mass is 356 g/mol. The van der Waals surface area contributed by atoms with Gasteiger partial charge in [-0.1, -0.05) is 12.1 Å². The van der Waals surface area contributed by atoms with E-state index in [4.69, 9.17) is 0 Å². The summed E-state index contributed by atoms with van der Waals surface area (Å²) >= 11 is 1.49. The number of benzene rings is 1. The molecule has 1 amide bonds. The molecule has 0 bridgehead atoms. The molecule has 3 rings (SSSR count). The Morgan fingerprint density at radius 3 is 2.62 bits per heavy atom. The fourth-order valence-corrected chi connectivity index (χ4v) is 4.00. The molecule has 2 heterocycles. The Morgan fingerprint density at radius 2 is 2.00 bits per heavy atom. The number of hydrogen-bond acceptors (Lipinski definition) is 4. The van der Waals surface area contributed by atoms with Crippen molar-refractivity contribution in [2.24, 2.45) is 0 Å². The van der Waals surface area contributed by atoms with Crippen molar-refractivity contribution in [3.63, 3.8) is 0 Å². The van der Waals surface area contributed by atoms with Crippen molar-refractivity contribution in [2.45, 2.75) is 26.3 Å². The van der Waals surface area contributed by atoms with E-state index < -0.39 is 6.36 Å². The first-order chi connectivity index (χ1) is 11.3. The summed E-state index contributed by atoms with van der Waals surface area (Å²) < 4.78 is 40.7. The highest BCUT2D eigenvalue weighted by Crippen LogP contribution is 2.42. The molecule has 0 saturated heterocycles. The largest absolute Gasteiger partial charge is 0.573 e. The van der Waals surface area contributed by atoms with Crippen molar-refractivity contribution in [3.05, 3.63) is 34.7 Å². The molecule has 8 heteroatoms. The number of thiophene rings is 1. The lowest BCUT2D eigenvalue weighted by molar-refractivity contribution is -0.274. The molecular formula is C16H15F3N2O2S. The van der Waals surface area contributed by atoms with E-state index in [1.54, 1.807) is 12.1 Å². The summed E-state index contributed by atoms with van der Waals surface area (Å²) in [5.74, 6) is -0.446. The van der Waals surface area contributed by atoms with Crippen molar-refractivity contribution in [1.29, 1.82) is 0 Å². The van der Waals surface area contributed by atoms with E-state index in [-0.39, 0.29) is 11.7 Å². The highest BCUT2D eigenvalue weighted by molar-refractivity contribution is 7.17. The molecule has 2 N–H and O–H groups in total. The van der Waals surface area contributed by atoms with Crippen LogP contribution in [-0.2, 0) is 17.8 Å². The minimum absolute atomic E-state index is 0.181. The molecule has 0 unspecified atom stereocenters. The van der Waals surface area contributed by atoms with Crippen molar-refractivity contribution in [1.82, 2.24) is 5.32 Å². The standard InChI is InChI=1S/C16H15F3N2O2S/c1-9(22)21-15-14(12-6-7-20-8-13(12)24-15)10-2-4-11(5-3-10)23-16(17,18)19/h2-5,20H,6-8H2,1H3,(H,21,22). The average molecular weight is 356 g/mol. The Morgan fingerprint density at radius 1 is 1.29 bits per heavy atom. The van der Waals surface area contributed by atoms with Crippen LogP contribution < -0.4 is 15.4 Å². The van der Waals surface area contributed by atoms with Gasteiger partial charge in [-0.2, -0.15) is 0 Å². The Hall–Kier alpha value is -2.06. The zero-order valence-electron chi connectivity index (χ0n) is 12.8. The van der Waals surface area contributed by atoms with Gasteiger partial charge in [0.25, 0.3) is 0 Å².